The smallest absolute Gasteiger partial charge is 0.162 e. The molecule has 0 aliphatic carbocycles. The molecule has 1 saturated heterocycles. The summed E-state index contributed by atoms with van der Waals surface area (Å²) in [6, 6.07) is 6.51. The molecule has 3 nitrogen and oxygen atoms in total. The first-order chi connectivity index (χ1) is 8.83. The Kier molecular flexibility index (Phi) is 3.64. The molecule has 1 N–H and O–H groups in total. The van der Waals surface area contributed by atoms with E-state index in [1.807, 2.05) is 0 Å². The molecule has 18 heavy (non-hydrogen) atoms. The molecule has 2 aliphatic heterocycles. The quantitative estimate of drug-likeness (QED) is 0.826. The third kappa shape index (κ3) is 2.58. The SMILES string of the molecule is Cc1ccc2c(c1)COC(C1CCCNC1)OC2. The number of hydrogen-bond donors (Lipinski definition) is 1. The van der Waals surface area contributed by atoms with Gasteiger partial charge in [-0.25, -0.2) is 0 Å². The van der Waals surface area contributed by atoms with Crippen molar-refractivity contribution < 1.29 is 9.47 Å². The van der Waals surface area contributed by atoms with Crippen LogP contribution in [0, 0.1) is 12.8 Å². The van der Waals surface area contributed by atoms with Gasteiger partial charge < -0.3 is 14.8 Å². The van der Waals surface area contributed by atoms with Crippen LogP contribution < -0.4 is 5.32 Å². The lowest BCUT2D eigenvalue weighted by Gasteiger charge is -2.29. The van der Waals surface area contributed by atoms with E-state index in [1.54, 1.807) is 0 Å². The fourth-order valence-corrected chi connectivity index (χ4v) is 2.81. The van der Waals surface area contributed by atoms with Crippen LogP contribution in [0.1, 0.15) is 29.5 Å². The van der Waals surface area contributed by atoms with Gasteiger partial charge in [-0.05, 0) is 37.4 Å². The lowest BCUT2D eigenvalue weighted by atomic mass is 9.99. The molecule has 0 aromatic heterocycles. The van der Waals surface area contributed by atoms with Gasteiger partial charge in [0.1, 0.15) is 0 Å². The third-order valence-electron chi connectivity index (χ3n) is 3.89. The Labute approximate surface area is 108 Å². The molecule has 0 radical (unpaired) electrons. The summed E-state index contributed by atoms with van der Waals surface area (Å²) in [5, 5.41) is 3.42. The molecule has 2 aliphatic rings. The highest BCUT2D eigenvalue weighted by atomic mass is 16.7. The molecular formula is C15H21NO2. The van der Waals surface area contributed by atoms with Crippen LogP contribution in [0.2, 0.25) is 0 Å². The molecule has 1 aromatic carbocycles. The molecule has 0 saturated carbocycles. The van der Waals surface area contributed by atoms with E-state index >= 15 is 0 Å². The highest BCUT2D eigenvalue weighted by Crippen LogP contribution is 2.25. The van der Waals surface area contributed by atoms with Gasteiger partial charge in [0.25, 0.3) is 0 Å². The van der Waals surface area contributed by atoms with Crippen LogP contribution in [0.25, 0.3) is 0 Å². The highest BCUT2D eigenvalue weighted by molar-refractivity contribution is 5.31. The van der Waals surface area contributed by atoms with E-state index in [0.717, 1.165) is 13.1 Å². The summed E-state index contributed by atoms with van der Waals surface area (Å²) < 4.78 is 11.9. The molecule has 1 aromatic rings. The largest absolute Gasteiger partial charge is 0.348 e. The van der Waals surface area contributed by atoms with Gasteiger partial charge in [0.05, 0.1) is 13.2 Å². The zero-order valence-corrected chi connectivity index (χ0v) is 10.9. The molecule has 2 heterocycles. The lowest BCUT2D eigenvalue weighted by molar-refractivity contribution is -0.181. The number of piperidine rings is 1. The summed E-state index contributed by atoms with van der Waals surface area (Å²) in [4.78, 5) is 0. The summed E-state index contributed by atoms with van der Waals surface area (Å²) in [6.07, 6.45) is 2.37. The highest BCUT2D eigenvalue weighted by Gasteiger charge is 2.27. The minimum Gasteiger partial charge on any atom is -0.348 e. The molecule has 0 amide bonds. The van der Waals surface area contributed by atoms with E-state index in [-0.39, 0.29) is 6.29 Å². The first-order valence-corrected chi connectivity index (χ1v) is 6.85. The standard InChI is InChI=1S/C15H21NO2/c1-11-4-5-13-9-17-15(18-10-14(13)7-11)12-3-2-6-16-8-12/h4-5,7,12,15-16H,2-3,6,8-10H2,1H3. The van der Waals surface area contributed by atoms with Gasteiger partial charge in [0, 0.05) is 12.5 Å². The second-order valence-electron chi connectivity index (χ2n) is 5.37. The number of fused-ring (bicyclic) bond motifs is 1. The van der Waals surface area contributed by atoms with Crippen molar-refractivity contribution in [3.05, 3.63) is 34.9 Å². The van der Waals surface area contributed by atoms with Crippen LogP contribution >= 0.6 is 0 Å². The molecule has 0 bridgehead atoms. The average Bonchev–Trinajstić information content (AvgIpc) is 2.62. The predicted octanol–water partition coefficient (Wildman–Crippen LogP) is 2.37. The molecule has 3 rings (SSSR count). The van der Waals surface area contributed by atoms with E-state index in [0.29, 0.717) is 19.1 Å². The second-order valence-corrected chi connectivity index (χ2v) is 5.37. The van der Waals surface area contributed by atoms with E-state index < -0.39 is 0 Å². The Morgan fingerprint density at radius 1 is 1.17 bits per heavy atom. The van der Waals surface area contributed by atoms with Gasteiger partial charge in [0.15, 0.2) is 6.29 Å². The Balaban J connectivity index is 1.70. The van der Waals surface area contributed by atoms with Crippen molar-refractivity contribution in [2.24, 2.45) is 5.92 Å². The Morgan fingerprint density at radius 2 is 2.00 bits per heavy atom. The van der Waals surface area contributed by atoms with Crippen LogP contribution in [-0.4, -0.2) is 19.4 Å². The number of nitrogens with one attached hydrogen (secondary N) is 1. The topological polar surface area (TPSA) is 30.5 Å². The Morgan fingerprint density at radius 3 is 2.78 bits per heavy atom. The molecule has 1 fully saturated rings. The van der Waals surface area contributed by atoms with Gasteiger partial charge in [-0.15, -0.1) is 0 Å². The summed E-state index contributed by atoms with van der Waals surface area (Å²) in [5.74, 6) is 0.495. The minimum atomic E-state index is -0.0505. The zero-order chi connectivity index (χ0) is 12.4. The number of benzene rings is 1. The molecule has 2 atom stereocenters. The summed E-state index contributed by atoms with van der Waals surface area (Å²) in [5.41, 5.74) is 3.84. The van der Waals surface area contributed by atoms with Crippen molar-refractivity contribution in [1.82, 2.24) is 5.32 Å². The van der Waals surface area contributed by atoms with Crippen molar-refractivity contribution in [1.29, 1.82) is 0 Å². The Hall–Kier alpha value is -0.900. The second kappa shape index (κ2) is 5.39. The lowest BCUT2D eigenvalue weighted by Crippen LogP contribution is -2.38. The van der Waals surface area contributed by atoms with Crippen LogP contribution in [0.3, 0.4) is 0 Å². The number of ether oxygens (including phenoxy) is 2. The van der Waals surface area contributed by atoms with Crippen molar-refractivity contribution in [2.45, 2.75) is 39.3 Å². The van der Waals surface area contributed by atoms with E-state index in [2.05, 4.69) is 30.4 Å². The van der Waals surface area contributed by atoms with Crippen molar-refractivity contribution in [2.75, 3.05) is 13.1 Å². The maximum Gasteiger partial charge on any atom is 0.162 e. The molecule has 0 spiro atoms. The summed E-state index contributed by atoms with van der Waals surface area (Å²) in [7, 11) is 0. The van der Waals surface area contributed by atoms with E-state index in [9.17, 15) is 0 Å². The fraction of sp³-hybridized carbons (Fsp3) is 0.600. The van der Waals surface area contributed by atoms with E-state index in [4.69, 9.17) is 9.47 Å². The first-order valence-electron chi connectivity index (χ1n) is 6.85. The third-order valence-corrected chi connectivity index (χ3v) is 3.89. The van der Waals surface area contributed by atoms with Crippen LogP contribution in [0.15, 0.2) is 18.2 Å². The van der Waals surface area contributed by atoms with Gasteiger partial charge in [-0.2, -0.15) is 0 Å². The van der Waals surface area contributed by atoms with Gasteiger partial charge in [-0.3, -0.25) is 0 Å². The zero-order valence-electron chi connectivity index (χ0n) is 10.9. The number of aryl methyl sites for hydroxylation is 1. The summed E-state index contributed by atoms with van der Waals surface area (Å²) in [6.45, 7) is 5.62. The first kappa shape index (κ1) is 12.2. The maximum atomic E-state index is 5.96. The van der Waals surface area contributed by atoms with Crippen molar-refractivity contribution >= 4 is 0 Å². The predicted molar refractivity (Wildman–Crippen MR) is 70.1 cm³/mol. The van der Waals surface area contributed by atoms with Crippen molar-refractivity contribution in [3.63, 3.8) is 0 Å². The van der Waals surface area contributed by atoms with Gasteiger partial charge in [0.2, 0.25) is 0 Å². The van der Waals surface area contributed by atoms with Gasteiger partial charge in [-0.1, -0.05) is 23.8 Å². The molecule has 2 unspecified atom stereocenters. The number of hydrogen-bond acceptors (Lipinski definition) is 3. The van der Waals surface area contributed by atoms with Crippen LogP contribution in [0.4, 0.5) is 0 Å². The van der Waals surface area contributed by atoms with Crippen LogP contribution in [0.5, 0.6) is 0 Å². The maximum absolute atomic E-state index is 5.96. The molecular weight excluding hydrogens is 226 g/mol. The van der Waals surface area contributed by atoms with Crippen molar-refractivity contribution in [3.8, 4) is 0 Å². The molecule has 98 valence electrons. The minimum absolute atomic E-state index is 0.0505. The van der Waals surface area contributed by atoms with E-state index in [1.165, 1.54) is 29.5 Å². The number of rotatable bonds is 1. The van der Waals surface area contributed by atoms with Crippen LogP contribution in [-0.2, 0) is 22.7 Å². The monoisotopic (exact) mass is 247 g/mol. The Bertz CT molecular complexity index is 413. The fourth-order valence-electron chi connectivity index (χ4n) is 2.81. The summed E-state index contributed by atoms with van der Waals surface area (Å²) >= 11 is 0. The average molecular weight is 247 g/mol. The van der Waals surface area contributed by atoms with Gasteiger partial charge >= 0.3 is 0 Å². The molecule has 3 heteroatoms. The normalized spacial score (nSPS) is 28.5.